The highest BCUT2D eigenvalue weighted by Gasteiger charge is 2.22. The number of carbonyl (C=O) groups is 3. The van der Waals surface area contributed by atoms with Gasteiger partial charge in [0, 0.05) is 26.2 Å². The van der Waals surface area contributed by atoms with Crippen LogP contribution in [-0.4, -0.2) is 54.3 Å². The van der Waals surface area contributed by atoms with Crippen molar-refractivity contribution in [2.24, 2.45) is 0 Å². The lowest BCUT2D eigenvalue weighted by Crippen LogP contribution is -2.52. The smallest absolute Gasteiger partial charge is 0.324 e. The summed E-state index contributed by atoms with van der Waals surface area (Å²) in [6.07, 6.45) is 0.770. The van der Waals surface area contributed by atoms with E-state index in [1.54, 1.807) is 22.4 Å². The van der Waals surface area contributed by atoms with Gasteiger partial charge in [-0.05, 0) is 11.4 Å². The van der Waals surface area contributed by atoms with Gasteiger partial charge in [-0.2, -0.15) is 0 Å². The second-order valence-corrected chi connectivity index (χ2v) is 4.81. The van der Waals surface area contributed by atoms with Crippen LogP contribution in [0.1, 0.15) is 9.67 Å². The van der Waals surface area contributed by atoms with Gasteiger partial charge in [0.05, 0.1) is 4.88 Å². The number of carbonyl (C=O) groups excluding carboxylic acids is 3. The maximum absolute atomic E-state index is 11.8. The van der Waals surface area contributed by atoms with Crippen LogP contribution in [0, 0.1) is 0 Å². The van der Waals surface area contributed by atoms with Gasteiger partial charge in [-0.1, -0.05) is 6.07 Å². The van der Waals surface area contributed by atoms with E-state index in [0.29, 0.717) is 31.1 Å². The predicted molar refractivity (Wildman–Crippen MR) is 66.4 cm³/mol. The number of imide groups is 1. The maximum atomic E-state index is 11.8. The van der Waals surface area contributed by atoms with Crippen molar-refractivity contribution < 1.29 is 14.4 Å². The molecule has 1 aromatic rings. The SMILES string of the molecule is O=CN1CCN(C(=O)NC(=O)c2cccs2)CC1. The van der Waals surface area contributed by atoms with E-state index in [9.17, 15) is 14.4 Å². The molecule has 96 valence electrons. The molecule has 7 heteroatoms. The lowest BCUT2D eigenvalue weighted by Gasteiger charge is -2.32. The first-order valence-corrected chi connectivity index (χ1v) is 6.42. The molecule has 0 spiro atoms. The molecule has 0 unspecified atom stereocenters. The minimum atomic E-state index is -0.404. The minimum Gasteiger partial charge on any atom is -0.342 e. The predicted octanol–water partition coefficient (Wildman–Crippen LogP) is 0.372. The average molecular weight is 267 g/mol. The number of urea groups is 1. The molecule has 1 N–H and O–H groups in total. The fourth-order valence-corrected chi connectivity index (χ4v) is 2.29. The normalized spacial score (nSPS) is 15.3. The third-order valence-electron chi connectivity index (χ3n) is 2.72. The van der Waals surface area contributed by atoms with Crippen molar-refractivity contribution in [1.82, 2.24) is 15.1 Å². The first-order chi connectivity index (χ1) is 8.70. The maximum Gasteiger partial charge on any atom is 0.324 e. The van der Waals surface area contributed by atoms with Gasteiger partial charge in [-0.25, -0.2) is 4.79 Å². The van der Waals surface area contributed by atoms with Crippen LogP contribution in [0.4, 0.5) is 4.79 Å². The molecule has 0 bridgehead atoms. The summed E-state index contributed by atoms with van der Waals surface area (Å²) in [4.78, 5) is 37.6. The first-order valence-electron chi connectivity index (χ1n) is 5.54. The summed E-state index contributed by atoms with van der Waals surface area (Å²) in [7, 11) is 0. The van der Waals surface area contributed by atoms with Crippen LogP contribution in [0.25, 0.3) is 0 Å². The number of rotatable bonds is 2. The molecule has 4 amide bonds. The molecule has 1 aromatic heterocycles. The van der Waals surface area contributed by atoms with Crippen LogP contribution >= 0.6 is 11.3 Å². The summed E-state index contributed by atoms with van der Waals surface area (Å²) in [6, 6.07) is 3.02. The zero-order chi connectivity index (χ0) is 13.0. The van der Waals surface area contributed by atoms with Crippen LogP contribution in [0.15, 0.2) is 17.5 Å². The van der Waals surface area contributed by atoms with Gasteiger partial charge in [-0.15, -0.1) is 11.3 Å². The third kappa shape index (κ3) is 2.86. The van der Waals surface area contributed by atoms with Crippen molar-refractivity contribution in [1.29, 1.82) is 0 Å². The monoisotopic (exact) mass is 267 g/mol. The molecule has 0 aliphatic carbocycles. The van der Waals surface area contributed by atoms with Crippen LogP contribution < -0.4 is 5.32 Å². The highest BCUT2D eigenvalue weighted by atomic mass is 32.1. The van der Waals surface area contributed by atoms with Crippen LogP contribution in [0.2, 0.25) is 0 Å². The summed E-state index contributed by atoms with van der Waals surface area (Å²) in [5, 5.41) is 4.12. The molecular formula is C11H13N3O3S. The summed E-state index contributed by atoms with van der Waals surface area (Å²) in [5.41, 5.74) is 0. The van der Waals surface area contributed by atoms with Gasteiger partial charge in [0.2, 0.25) is 6.41 Å². The van der Waals surface area contributed by atoms with Gasteiger partial charge in [0.25, 0.3) is 5.91 Å². The van der Waals surface area contributed by atoms with E-state index in [2.05, 4.69) is 5.32 Å². The Morgan fingerprint density at radius 3 is 2.56 bits per heavy atom. The molecule has 2 heterocycles. The number of piperazine rings is 1. The summed E-state index contributed by atoms with van der Waals surface area (Å²) >= 11 is 1.29. The Hall–Kier alpha value is -1.89. The van der Waals surface area contributed by atoms with Gasteiger partial charge in [0.15, 0.2) is 0 Å². The second kappa shape index (κ2) is 5.63. The number of hydrogen-bond donors (Lipinski definition) is 1. The van der Waals surface area contributed by atoms with E-state index in [0.717, 1.165) is 6.41 Å². The Balaban J connectivity index is 1.85. The van der Waals surface area contributed by atoms with Gasteiger partial charge < -0.3 is 9.80 Å². The number of nitrogens with zero attached hydrogens (tertiary/aromatic N) is 2. The van der Waals surface area contributed by atoms with Crippen molar-refractivity contribution >= 4 is 29.7 Å². The zero-order valence-corrected chi connectivity index (χ0v) is 10.5. The molecular weight excluding hydrogens is 254 g/mol. The Kier molecular flexibility index (Phi) is 3.93. The first kappa shape index (κ1) is 12.6. The summed E-state index contributed by atoms with van der Waals surface area (Å²) in [5.74, 6) is -0.382. The van der Waals surface area contributed by atoms with Crippen molar-refractivity contribution in [2.75, 3.05) is 26.2 Å². The van der Waals surface area contributed by atoms with Gasteiger partial charge >= 0.3 is 6.03 Å². The van der Waals surface area contributed by atoms with E-state index in [4.69, 9.17) is 0 Å². The molecule has 0 aromatic carbocycles. The van der Waals surface area contributed by atoms with E-state index in [1.807, 2.05) is 0 Å². The lowest BCUT2D eigenvalue weighted by molar-refractivity contribution is -0.119. The van der Waals surface area contributed by atoms with E-state index < -0.39 is 6.03 Å². The van der Waals surface area contributed by atoms with E-state index in [-0.39, 0.29) is 5.91 Å². The highest BCUT2D eigenvalue weighted by Crippen LogP contribution is 2.08. The number of thiophene rings is 1. The second-order valence-electron chi connectivity index (χ2n) is 3.87. The number of hydrogen-bond acceptors (Lipinski definition) is 4. The summed E-state index contributed by atoms with van der Waals surface area (Å²) in [6.45, 7) is 1.90. The molecule has 0 atom stereocenters. The molecule has 1 aliphatic rings. The molecule has 1 saturated heterocycles. The van der Waals surface area contributed by atoms with Gasteiger partial charge in [0.1, 0.15) is 0 Å². The van der Waals surface area contributed by atoms with Crippen molar-refractivity contribution in [2.45, 2.75) is 0 Å². The number of amides is 4. The van der Waals surface area contributed by atoms with Crippen LogP contribution in [0.3, 0.4) is 0 Å². The van der Waals surface area contributed by atoms with Crippen molar-refractivity contribution in [3.05, 3.63) is 22.4 Å². The Morgan fingerprint density at radius 2 is 2.00 bits per heavy atom. The highest BCUT2D eigenvalue weighted by molar-refractivity contribution is 7.12. The largest absolute Gasteiger partial charge is 0.342 e. The zero-order valence-electron chi connectivity index (χ0n) is 9.67. The quantitative estimate of drug-likeness (QED) is 0.787. The molecule has 0 saturated carbocycles. The standard InChI is InChI=1S/C11H13N3O3S/c15-8-13-3-5-14(6-4-13)11(17)12-10(16)9-2-1-7-18-9/h1-2,7-8H,3-6H2,(H,12,16,17). The fraction of sp³-hybridized carbons (Fsp3) is 0.364. The van der Waals surface area contributed by atoms with E-state index >= 15 is 0 Å². The average Bonchev–Trinajstić information content (AvgIpc) is 2.92. The van der Waals surface area contributed by atoms with Crippen LogP contribution in [0.5, 0.6) is 0 Å². The van der Waals surface area contributed by atoms with Crippen LogP contribution in [-0.2, 0) is 4.79 Å². The third-order valence-corrected chi connectivity index (χ3v) is 3.58. The molecule has 0 radical (unpaired) electrons. The molecule has 1 fully saturated rings. The Bertz CT molecular complexity index is 438. The van der Waals surface area contributed by atoms with E-state index in [1.165, 1.54) is 16.2 Å². The van der Waals surface area contributed by atoms with Crippen molar-refractivity contribution in [3.8, 4) is 0 Å². The number of nitrogens with one attached hydrogen (secondary N) is 1. The molecule has 1 aliphatic heterocycles. The Labute approximate surface area is 108 Å². The molecule has 18 heavy (non-hydrogen) atoms. The summed E-state index contributed by atoms with van der Waals surface area (Å²) < 4.78 is 0. The fourth-order valence-electron chi connectivity index (χ4n) is 1.68. The minimum absolute atomic E-state index is 0.382. The molecule has 2 rings (SSSR count). The molecule has 6 nitrogen and oxygen atoms in total. The topological polar surface area (TPSA) is 69.7 Å². The van der Waals surface area contributed by atoms with Crippen molar-refractivity contribution in [3.63, 3.8) is 0 Å². The lowest BCUT2D eigenvalue weighted by atomic mass is 10.3. The Morgan fingerprint density at radius 1 is 1.28 bits per heavy atom. The van der Waals surface area contributed by atoms with Gasteiger partial charge in [-0.3, -0.25) is 14.9 Å².